The molecule has 4 nitrogen and oxygen atoms in total. The molecule has 23 heavy (non-hydrogen) atoms. The van der Waals surface area contributed by atoms with Crippen molar-refractivity contribution in [2.45, 2.75) is 51.2 Å². The topological polar surface area (TPSA) is 72.5 Å². The lowest BCUT2D eigenvalue weighted by molar-refractivity contribution is -0.153. The molecule has 0 heterocycles. The summed E-state index contributed by atoms with van der Waals surface area (Å²) in [6.45, 7) is 0.236. The van der Waals surface area contributed by atoms with Crippen LogP contribution in [0.1, 0.15) is 44.1 Å². The first-order valence-electron chi connectivity index (χ1n) is 8.47. The summed E-state index contributed by atoms with van der Waals surface area (Å²) >= 11 is 0. The minimum atomic E-state index is -0.884. The Kier molecular flexibility index (Phi) is 7.14. The zero-order valence-electron chi connectivity index (χ0n) is 13.6. The standard InChI is InChI=1S/C19H27NO3/c20-12-11-18(21)17(13-15-7-3-1-4-8-15)19(22)23-14-16-9-5-2-6-10-16/h2,5-6,9-12,15,17-18,21H,1,3-4,7-8,13-14,20H2/t17-,18?/m0/s1. The van der Waals surface area contributed by atoms with E-state index in [0.717, 1.165) is 18.4 Å². The SMILES string of the molecule is NC=CC(O)[C@H](CC1CCCCC1)C(=O)OCc1ccccc1. The molecule has 0 aromatic heterocycles. The van der Waals surface area contributed by atoms with Gasteiger partial charge in [-0.2, -0.15) is 0 Å². The lowest BCUT2D eigenvalue weighted by Crippen LogP contribution is -2.31. The Morgan fingerprint density at radius 3 is 2.61 bits per heavy atom. The van der Waals surface area contributed by atoms with Crippen LogP contribution in [0.15, 0.2) is 42.6 Å². The highest BCUT2D eigenvalue weighted by atomic mass is 16.5. The van der Waals surface area contributed by atoms with Gasteiger partial charge in [-0.15, -0.1) is 0 Å². The van der Waals surface area contributed by atoms with Crippen molar-refractivity contribution in [3.8, 4) is 0 Å². The number of ether oxygens (including phenoxy) is 1. The number of nitrogens with two attached hydrogens (primary N) is 1. The van der Waals surface area contributed by atoms with Crippen molar-refractivity contribution < 1.29 is 14.6 Å². The van der Waals surface area contributed by atoms with Gasteiger partial charge in [-0.05, 0) is 30.2 Å². The second-order valence-corrected chi connectivity index (χ2v) is 6.32. The van der Waals surface area contributed by atoms with Crippen LogP contribution in [0.4, 0.5) is 0 Å². The van der Waals surface area contributed by atoms with Crippen LogP contribution in [0, 0.1) is 11.8 Å². The third-order valence-electron chi connectivity index (χ3n) is 4.56. The van der Waals surface area contributed by atoms with Gasteiger partial charge >= 0.3 is 5.97 Å². The third-order valence-corrected chi connectivity index (χ3v) is 4.56. The van der Waals surface area contributed by atoms with E-state index in [9.17, 15) is 9.90 Å². The van der Waals surface area contributed by atoms with Gasteiger partial charge in [0, 0.05) is 0 Å². The van der Waals surface area contributed by atoms with Crippen LogP contribution in [0.2, 0.25) is 0 Å². The number of aliphatic hydroxyl groups is 1. The number of hydrogen-bond donors (Lipinski definition) is 2. The number of aliphatic hydroxyl groups excluding tert-OH is 1. The van der Waals surface area contributed by atoms with E-state index in [0.29, 0.717) is 12.3 Å². The van der Waals surface area contributed by atoms with E-state index in [1.165, 1.54) is 31.5 Å². The summed E-state index contributed by atoms with van der Waals surface area (Å²) in [7, 11) is 0. The van der Waals surface area contributed by atoms with Crippen LogP contribution >= 0.6 is 0 Å². The van der Waals surface area contributed by atoms with Gasteiger partial charge in [0.2, 0.25) is 0 Å². The lowest BCUT2D eigenvalue weighted by atomic mass is 9.81. The number of hydrogen-bond acceptors (Lipinski definition) is 4. The predicted octanol–water partition coefficient (Wildman–Crippen LogP) is 3.15. The molecule has 126 valence electrons. The van der Waals surface area contributed by atoms with Crippen molar-refractivity contribution in [2.24, 2.45) is 17.6 Å². The molecule has 1 aromatic carbocycles. The van der Waals surface area contributed by atoms with Gasteiger partial charge in [0.1, 0.15) is 6.61 Å². The fourth-order valence-corrected chi connectivity index (χ4v) is 3.24. The Labute approximate surface area is 138 Å². The fraction of sp³-hybridized carbons (Fsp3) is 0.526. The molecule has 1 aromatic rings. The van der Waals surface area contributed by atoms with E-state index in [4.69, 9.17) is 10.5 Å². The van der Waals surface area contributed by atoms with Gasteiger partial charge in [0.25, 0.3) is 0 Å². The van der Waals surface area contributed by atoms with Crippen molar-refractivity contribution in [3.63, 3.8) is 0 Å². The molecule has 0 saturated heterocycles. The van der Waals surface area contributed by atoms with Gasteiger partial charge in [-0.1, -0.05) is 62.4 Å². The molecule has 2 rings (SSSR count). The second kappa shape index (κ2) is 9.36. The molecule has 0 spiro atoms. The summed E-state index contributed by atoms with van der Waals surface area (Å²) in [6, 6.07) is 9.58. The average molecular weight is 317 g/mol. The summed E-state index contributed by atoms with van der Waals surface area (Å²) in [6.07, 6.45) is 8.48. The summed E-state index contributed by atoms with van der Waals surface area (Å²) in [5.74, 6) is -0.398. The normalized spacial score (nSPS) is 18.7. The quantitative estimate of drug-likeness (QED) is 0.758. The third kappa shape index (κ3) is 5.71. The number of esters is 1. The highest BCUT2D eigenvalue weighted by Crippen LogP contribution is 2.31. The number of carbonyl (C=O) groups is 1. The fourth-order valence-electron chi connectivity index (χ4n) is 3.24. The van der Waals surface area contributed by atoms with E-state index >= 15 is 0 Å². The minimum absolute atomic E-state index is 0.236. The molecule has 1 unspecified atom stereocenters. The Morgan fingerprint density at radius 2 is 1.96 bits per heavy atom. The van der Waals surface area contributed by atoms with Gasteiger partial charge in [-0.25, -0.2) is 0 Å². The van der Waals surface area contributed by atoms with Crippen molar-refractivity contribution >= 4 is 5.97 Å². The lowest BCUT2D eigenvalue weighted by Gasteiger charge is -2.27. The Balaban J connectivity index is 1.95. The minimum Gasteiger partial charge on any atom is -0.461 e. The molecule has 1 saturated carbocycles. The molecule has 1 aliphatic carbocycles. The van der Waals surface area contributed by atoms with Crippen molar-refractivity contribution in [3.05, 3.63) is 48.2 Å². The molecular formula is C19H27NO3. The zero-order valence-corrected chi connectivity index (χ0v) is 13.6. The summed E-state index contributed by atoms with van der Waals surface area (Å²) in [5.41, 5.74) is 6.32. The number of benzene rings is 1. The first-order chi connectivity index (χ1) is 11.2. The average Bonchev–Trinajstić information content (AvgIpc) is 2.59. The summed E-state index contributed by atoms with van der Waals surface area (Å²) in [5, 5.41) is 10.2. The molecule has 3 N–H and O–H groups in total. The molecule has 1 fully saturated rings. The van der Waals surface area contributed by atoms with E-state index in [1.54, 1.807) is 0 Å². The van der Waals surface area contributed by atoms with E-state index < -0.39 is 12.0 Å². The monoisotopic (exact) mass is 317 g/mol. The van der Waals surface area contributed by atoms with Crippen LogP contribution in [-0.2, 0) is 16.1 Å². The second-order valence-electron chi connectivity index (χ2n) is 6.32. The number of rotatable bonds is 7. The molecule has 2 atom stereocenters. The Bertz CT molecular complexity index is 495. The molecule has 0 bridgehead atoms. The van der Waals surface area contributed by atoms with E-state index in [1.807, 2.05) is 30.3 Å². The summed E-state index contributed by atoms with van der Waals surface area (Å²) in [4.78, 5) is 12.4. The highest BCUT2D eigenvalue weighted by molar-refractivity contribution is 5.73. The first-order valence-corrected chi connectivity index (χ1v) is 8.47. The van der Waals surface area contributed by atoms with Gasteiger partial charge in [0.05, 0.1) is 12.0 Å². The van der Waals surface area contributed by atoms with Crippen LogP contribution in [0.5, 0.6) is 0 Å². The van der Waals surface area contributed by atoms with Crippen LogP contribution in [0.25, 0.3) is 0 Å². The maximum Gasteiger partial charge on any atom is 0.312 e. The number of carbonyl (C=O) groups excluding carboxylic acids is 1. The van der Waals surface area contributed by atoms with Crippen LogP contribution in [-0.4, -0.2) is 17.2 Å². The maximum atomic E-state index is 12.4. The molecular weight excluding hydrogens is 290 g/mol. The smallest absolute Gasteiger partial charge is 0.312 e. The Hall–Kier alpha value is -1.81. The molecule has 0 aliphatic heterocycles. The molecule has 1 aliphatic rings. The first kappa shape index (κ1) is 17.5. The highest BCUT2D eigenvalue weighted by Gasteiger charge is 2.30. The Morgan fingerprint density at radius 1 is 1.26 bits per heavy atom. The van der Waals surface area contributed by atoms with Gasteiger partial charge in [0.15, 0.2) is 0 Å². The van der Waals surface area contributed by atoms with Gasteiger partial charge in [-0.3, -0.25) is 4.79 Å². The van der Waals surface area contributed by atoms with Crippen molar-refractivity contribution in [1.29, 1.82) is 0 Å². The predicted molar refractivity (Wildman–Crippen MR) is 90.3 cm³/mol. The molecule has 4 heteroatoms. The largest absolute Gasteiger partial charge is 0.461 e. The van der Waals surface area contributed by atoms with Crippen LogP contribution in [0.3, 0.4) is 0 Å². The maximum absolute atomic E-state index is 12.4. The molecule has 0 amide bonds. The van der Waals surface area contributed by atoms with Crippen molar-refractivity contribution in [2.75, 3.05) is 0 Å². The van der Waals surface area contributed by atoms with E-state index in [2.05, 4.69) is 0 Å². The van der Waals surface area contributed by atoms with E-state index in [-0.39, 0.29) is 12.6 Å². The van der Waals surface area contributed by atoms with Crippen molar-refractivity contribution in [1.82, 2.24) is 0 Å². The zero-order chi connectivity index (χ0) is 16.5. The molecule has 0 radical (unpaired) electrons. The van der Waals surface area contributed by atoms with Crippen LogP contribution < -0.4 is 5.73 Å². The summed E-state index contributed by atoms with van der Waals surface area (Å²) < 4.78 is 5.43. The van der Waals surface area contributed by atoms with Gasteiger partial charge < -0.3 is 15.6 Å².